The lowest BCUT2D eigenvalue weighted by Crippen LogP contribution is -2.05. The second-order valence-corrected chi connectivity index (χ2v) is 3.13. The fourth-order valence-electron chi connectivity index (χ4n) is 1.24. The number of rotatable bonds is 4. The maximum absolute atomic E-state index is 4.33. The maximum atomic E-state index is 4.33. The van der Waals surface area contributed by atoms with Crippen LogP contribution in [0, 0.1) is 0 Å². The minimum absolute atomic E-state index is 0.565. The van der Waals surface area contributed by atoms with Gasteiger partial charge in [0.15, 0.2) is 0 Å². The fourth-order valence-corrected chi connectivity index (χ4v) is 1.24. The van der Waals surface area contributed by atoms with Crippen LogP contribution in [0.1, 0.15) is 6.42 Å². The van der Waals surface area contributed by atoms with Crippen molar-refractivity contribution in [3.63, 3.8) is 0 Å². The predicted molar refractivity (Wildman–Crippen MR) is 60.6 cm³/mol. The minimum Gasteiger partial charge on any atom is -0.353 e. The molecule has 2 aromatic rings. The molecule has 0 atom stereocenters. The molecular weight excluding hydrogens is 188 g/mol. The van der Waals surface area contributed by atoms with E-state index in [1.165, 1.54) is 0 Å². The van der Waals surface area contributed by atoms with Gasteiger partial charge in [-0.2, -0.15) is 0 Å². The van der Waals surface area contributed by atoms with E-state index in [-0.39, 0.29) is 0 Å². The monoisotopic (exact) mass is 200 g/mol. The molecule has 76 valence electrons. The van der Waals surface area contributed by atoms with Gasteiger partial charge in [0, 0.05) is 6.54 Å². The zero-order chi connectivity index (χ0) is 10.5. The van der Waals surface area contributed by atoms with Gasteiger partial charge in [-0.1, -0.05) is 18.2 Å². The van der Waals surface area contributed by atoms with Crippen molar-refractivity contribution in [2.75, 3.05) is 11.9 Å². The Bertz CT molecular complexity index is 467. The van der Waals surface area contributed by atoms with Crippen molar-refractivity contribution < 1.29 is 0 Å². The lowest BCUT2D eigenvalue weighted by atomic mass is 10.3. The summed E-state index contributed by atoms with van der Waals surface area (Å²) in [6.45, 7) is 4.43. The summed E-state index contributed by atoms with van der Waals surface area (Å²) in [4.78, 5) is 4.33. The highest BCUT2D eigenvalue weighted by Gasteiger charge is 1.98. The molecule has 2 rings (SSSR count). The van der Waals surface area contributed by atoms with Gasteiger partial charge >= 0.3 is 0 Å². The molecule has 0 fully saturated rings. The number of nitrogens with one attached hydrogen (secondary N) is 1. The fraction of sp³-hybridized carbons (Fsp3) is 0.182. The molecule has 0 bridgehead atoms. The molecule has 1 aromatic carbocycles. The SMILES string of the molecule is C=CCCNc1nnc2ccccc2n1. The third-order valence-corrected chi connectivity index (χ3v) is 1.99. The van der Waals surface area contributed by atoms with Crippen molar-refractivity contribution in [2.24, 2.45) is 0 Å². The first-order valence-corrected chi connectivity index (χ1v) is 4.84. The molecule has 0 amide bonds. The quantitative estimate of drug-likeness (QED) is 0.606. The number of hydrogen-bond acceptors (Lipinski definition) is 4. The summed E-state index contributed by atoms with van der Waals surface area (Å²) < 4.78 is 0. The van der Waals surface area contributed by atoms with Crippen molar-refractivity contribution >= 4 is 17.0 Å². The number of benzene rings is 1. The first-order valence-electron chi connectivity index (χ1n) is 4.84. The van der Waals surface area contributed by atoms with Gasteiger partial charge in [-0.15, -0.1) is 16.8 Å². The number of aromatic nitrogens is 3. The molecule has 1 aromatic heterocycles. The standard InChI is InChI=1S/C11H12N4/c1-2-3-8-12-11-13-9-6-4-5-7-10(9)14-15-11/h2,4-7H,1,3,8H2,(H,12,13,15). The summed E-state index contributed by atoms with van der Waals surface area (Å²) in [5.41, 5.74) is 1.67. The smallest absolute Gasteiger partial charge is 0.243 e. The molecule has 4 nitrogen and oxygen atoms in total. The molecule has 1 N–H and O–H groups in total. The number of hydrogen-bond donors (Lipinski definition) is 1. The van der Waals surface area contributed by atoms with E-state index in [2.05, 4.69) is 27.1 Å². The highest BCUT2D eigenvalue weighted by molar-refractivity contribution is 5.73. The molecule has 0 unspecified atom stereocenters. The first kappa shape index (κ1) is 9.58. The molecule has 0 aliphatic heterocycles. The average molecular weight is 200 g/mol. The maximum Gasteiger partial charge on any atom is 0.243 e. The average Bonchev–Trinajstić information content (AvgIpc) is 2.29. The Labute approximate surface area is 88.1 Å². The number of nitrogens with zero attached hydrogens (tertiary/aromatic N) is 3. The largest absolute Gasteiger partial charge is 0.353 e. The Morgan fingerprint density at radius 1 is 1.20 bits per heavy atom. The van der Waals surface area contributed by atoms with Crippen LogP contribution < -0.4 is 5.32 Å². The van der Waals surface area contributed by atoms with Crippen LogP contribution in [-0.2, 0) is 0 Å². The summed E-state index contributed by atoms with van der Waals surface area (Å²) in [6.07, 6.45) is 2.73. The lowest BCUT2D eigenvalue weighted by Gasteiger charge is -2.02. The van der Waals surface area contributed by atoms with Gasteiger partial charge < -0.3 is 5.32 Å². The van der Waals surface area contributed by atoms with E-state index in [0.29, 0.717) is 5.95 Å². The van der Waals surface area contributed by atoms with E-state index in [0.717, 1.165) is 24.0 Å². The minimum atomic E-state index is 0.565. The van der Waals surface area contributed by atoms with Gasteiger partial charge in [0.2, 0.25) is 5.95 Å². The van der Waals surface area contributed by atoms with Crippen LogP contribution in [0.25, 0.3) is 11.0 Å². The summed E-state index contributed by atoms with van der Waals surface area (Å²) in [5.74, 6) is 0.565. The van der Waals surface area contributed by atoms with Gasteiger partial charge in [0.25, 0.3) is 0 Å². The van der Waals surface area contributed by atoms with Crippen LogP contribution >= 0.6 is 0 Å². The molecule has 0 saturated heterocycles. The summed E-state index contributed by atoms with van der Waals surface area (Å²) in [7, 11) is 0. The second kappa shape index (κ2) is 4.50. The first-order chi connectivity index (χ1) is 7.40. The Balaban J connectivity index is 2.19. The summed E-state index contributed by atoms with van der Waals surface area (Å²) in [6, 6.07) is 7.67. The highest BCUT2D eigenvalue weighted by Crippen LogP contribution is 2.08. The van der Waals surface area contributed by atoms with E-state index in [1.54, 1.807) is 0 Å². The molecule has 15 heavy (non-hydrogen) atoms. The van der Waals surface area contributed by atoms with Crippen molar-refractivity contribution in [3.8, 4) is 0 Å². The van der Waals surface area contributed by atoms with Gasteiger partial charge in [0.1, 0.15) is 5.52 Å². The van der Waals surface area contributed by atoms with E-state index < -0.39 is 0 Å². The van der Waals surface area contributed by atoms with E-state index in [1.807, 2.05) is 30.3 Å². The van der Waals surface area contributed by atoms with E-state index in [4.69, 9.17) is 0 Å². The van der Waals surface area contributed by atoms with Crippen molar-refractivity contribution in [3.05, 3.63) is 36.9 Å². The van der Waals surface area contributed by atoms with Crippen LogP contribution in [-0.4, -0.2) is 21.7 Å². The van der Waals surface area contributed by atoms with Crippen LogP contribution in [0.4, 0.5) is 5.95 Å². The predicted octanol–water partition coefficient (Wildman–Crippen LogP) is 2.01. The molecule has 4 heteroatoms. The summed E-state index contributed by atoms with van der Waals surface area (Å²) in [5, 5.41) is 11.1. The van der Waals surface area contributed by atoms with E-state index >= 15 is 0 Å². The van der Waals surface area contributed by atoms with Gasteiger partial charge in [-0.3, -0.25) is 0 Å². The van der Waals surface area contributed by atoms with Crippen molar-refractivity contribution in [2.45, 2.75) is 6.42 Å². The Hall–Kier alpha value is -1.97. The third-order valence-electron chi connectivity index (χ3n) is 1.99. The van der Waals surface area contributed by atoms with Crippen LogP contribution in [0.2, 0.25) is 0 Å². The summed E-state index contributed by atoms with van der Waals surface area (Å²) >= 11 is 0. The van der Waals surface area contributed by atoms with Crippen LogP contribution in [0.15, 0.2) is 36.9 Å². The zero-order valence-electron chi connectivity index (χ0n) is 8.35. The number of fused-ring (bicyclic) bond motifs is 1. The third kappa shape index (κ3) is 2.28. The lowest BCUT2D eigenvalue weighted by molar-refractivity contribution is 0.969. The van der Waals surface area contributed by atoms with Crippen molar-refractivity contribution in [1.29, 1.82) is 0 Å². The van der Waals surface area contributed by atoms with Gasteiger partial charge in [-0.25, -0.2) is 4.98 Å². The van der Waals surface area contributed by atoms with Gasteiger partial charge in [0.05, 0.1) is 5.52 Å². The Morgan fingerprint density at radius 2 is 2.00 bits per heavy atom. The molecule has 0 aliphatic carbocycles. The number of anilines is 1. The topological polar surface area (TPSA) is 50.7 Å². The number of para-hydroxylation sites is 1. The molecule has 0 aliphatic rings. The van der Waals surface area contributed by atoms with E-state index in [9.17, 15) is 0 Å². The second-order valence-electron chi connectivity index (χ2n) is 3.13. The normalized spacial score (nSPS) is 10.1. The highest BCUT2D eigenvalue weighted by atomic mass is 15.2. The molecule has 0 saturated carbocycles. The van der Waals surface area contributed by atoms with Gasteiger partial charge in [-0.05, 0) is 18.6 Å². The van der Waals surface area contributed by atoms with Crippen LogP contribution in [0.5, 0.6) is 0 Å². The zero-order valence-corrected chi connectivity index (χ0v) is 8.35. The molecular formula is C11H12N4. The molecule has 1 heterocycles. The Morgan fingerprint density at radius 3 is 2.80 bits per heavy atom. The van der Waals surface area contributed by atoms with Crippen LogP contribution in [0.3, 0.4) is 0 Å². The Kier molecular flexibility index (Phi) is 2.88. The molecule has 0 radical (unpaired) electrons. The van der Waals surface area contributed by atoms with Crippen molar-refractivity contribution in [1.82, 2.24) is 15.2 Å². The molecule has 0 spiro atoms.